The Bertz CT molecular complexity index is 489. The minimum atomic E-state index is 0.0112. The normalized spacial score (nSPS) is 12.4. The van der Waals surface area contributed by atoms with Crippen LogP contribution in [0, 0.1) is 6.92 Å². The molecule has 18 heavy (non-hydrogen) atoms. The van der Waals surface area contributed by atoms with Gasteiger partial charge in [-0.25, -0.2) is 4.68 Å². The second-order valence-electron chi connectivity index (χ2n) is 4.11. The van der Waals surface area contributed by atoms with Crippen LogP contribution in [-0.4, -0.2) is 37.7 Å². The average molecular weight is 247 g/mol. The Morgan fingerprint density at radius 3 is 2.67 bits per heavy atom. The number of nitrogens with one attached hydrogen (secondary N) is 1. The summed E-state index contributed by atoms with van der Waals surface area (Å²) in [6.45, 7) is 4.01. The van der Waals surface area contributed by atoms with Crippen LogP contribution in [0.25, 0.3) is 5.82 Å². The van der Waals surface area contributed by atoms with Crippen molar-refractivity contribution >= 4 is 5.82 Å². The summed E-state index contributed by atoms with van der Waals surface area (Å²) in [5, 5.41) is 24.6. The zero-order valence-electron chi connectivity index (χ0n) is 10.5. The van der Waals surface area contributed by atoms with Gasteiger partial charge in [-0.05, 0) is 31.5 Å². The number of rotatable bonds is 5. The maximum atomic E-state index is 9.10. The van der Waals surface area contributed by atoms with E-state index in [1.165, 1.54) is 0 Å². The van der Waals surface area contributed by atoms with Gasteiger partial charge in [-0.1, -0.05) is 6.92 Å². The van der Waals surface area contributed by atoms with Crippen molar-refractivity contribution in [2.75, 3.05) is 11.9 Å². The molecule has 2 aromatic rings. The van der Waals surface area contributed by atoms with Gasteiger partial charge in [0, 0.05) is 6.20 Å². The molecule has 0 spiro atoms. The lowest BCUT2D eigenvalue weighted by atomic mass is 10.2. The van der Waals surface area contributed by atoms with Crippen molar-refractivity contribution in [3.63, 3.8) is 0 Å². The van der Waals surface area contributed by atoms with E-state index in [1.54, 1.807) is 4.68 Å². The largest absolute Gasteiger partial charge is 0.394 e. The lowest BCUT2D eigenvalue weighted by molar-refractivity contribution is 0.271. The summed E-state index contributed by atoms with van der Waals surface area (Å²) in [4.78, 5) is 0. The fourth-order valence-corrected chi connectivity index (χ4v) is 1.55. The number of hydrogen-bond donors (Lipinski definition) is 2. The number of aliphatic hydroxyl groups is 1. The van der Waals surface area contributed by atoms with Crippen LogP contribution in [0.1, 0.15) is 19.0 Å². The van der Waals surface area contributed by atoms with Crippen molar-refractivity contribution in [1.82, 2.24) is 20.0 Å². The molecule has 0 aliphatic rings. The van der Waals surface area contributed by atoms with Gasteiger partial charge >= 0.3 is 0 Å². The number of anilines is 1. The van der Waals surface area contributed by atoms with Crippen molar-refractivity contribution in [2.24, 2.45) is 0 Å². The highest BCUT2D eigenvalue weighted by atomic mass is 16.3. The molecule has 6 nitrogen and oxygen atoms in total. The van der Waals surface area contributed by atoms with Crippen LogP contribution in [-0.2, 0) is 0 Å². The van der Waals surface area contributed by atoms with Gasteiger partial charge in [-0.3, -0.25) is 0 Å². The second kappa shape index (κ2) is 5.59. The van der Waals surface area contributed by atoms with Gasteiger partial charge in [-0.15, -0.1) is 10.2 Å². The van der Waals surface area contributed by atoms with Crippen LogP contribution in [0.2, 0.25) is 0 Å². The highest BCUT2D eigenvalue weighted by Crippen LogP contribution is 2.08. The number of aromatic nitrogens is 4. The first-order valence-electron chi connectivity index (χ1n) is 5.96. The molecule has 2 N–H and O–H groups in total. The molecule has 0 saturated heterocycles. The quantitative estimate of drug-likeness (QED) is 0.829. The monoisotopic (exact) mass is 247 g/mol. The third-order valence-corrected chi connectivity index (χ3v) is 2.67. The minimum absolute atomic E-state index is 0.0112. The number of nitrogens with zero attached hydrogens (tertiary/aromatic N) is 4. The van der Waals surface area contributed by atoms with Crippen molar-refractivity contribution < 1.29 is 5.11 Å². The van der Waals surface area contributed by atoms with Crippen LogP contribution in [0.15, 0.2) is 24.4 Å². The molecule has 0 unspecified atom stereocenters. The molecule has 6 heteroatoms. The van der Waals surface area contributed by atoms with Gasteiger partial charge in [0.25, 0.3) is 0 Å². The fourth-order valence-electron chi connectivity index (χ4n) is 1.55. The lowest BCUT2D eigenvalue weighted by Gasteiger charge is -2.13. The van der Waals surface area contributed by atoms with E-state index in [2.05, 4.69) is 20.6 Å². The van der Waals surface area contributed by atoms with E-state index in [-0.39, 0.29) is 12.6 Å². The van der Waals surface area contributed by atoms with Gasteiger partial charge in [0.15, 0.2) is 5.82 Å². The molecule has 0 amide bonds. The third-order valence-electron chi connectivity index (χ3n) is 2.67. The molecule has 0 bridgehead atoms. The van der Waals surface area contributed by atoms with E-state index in [0.29, 0.717) is 11.6 Å². The Kier molecular flexibility index (Phi) is 3.88. The second-order valence-corrected chi connectivity index (χ2v) is 4.11. The summed E-state index contributed by atoms with van der Waals surface area (Å²) in [5.74, 6) is 1.33. The highest BCUT2D eigenvalue weighted by molar-refractivity contribution is 5.37. The number of aliphatic hydroxyl groups excluding tert-OH is 1. The summed E-state index contributed by atoms with van der Waals surface area (Å²) in [6, 6.07) is 5.59. The summed E-state index contributed by atoms with van der Waals surface area (Å²) in [7, 11) is 0. The maximum absolute atomic E-state index is 9.10. The van der Waals surface area contributed by atoms with Crippen molar-refractivity contribution in [3.8, 4) is 5.82 Å². The molecule has 96 valence electrons. The fraction of sp³-hybridized carbons (Fsp3) is 0.417. The van der Waals surface area contributed by atoms with Crippen LogP contribution in [0.4, 0.5) is 5.82 Å². The van der Waals surface area contributed by atoms with Crippen LogP contribution in [0.5, 0.6) is 0 Å². The molecular weight excluding hydrogens is 230 g/mol. The Morgan fingerprint density at radius 2 is 2.17 bits per heavy atom. The third kappa shape index (κ3) is 2.84. The minimum Gasteiger partial charge on any atom is -0.394 e. The smallest absolute Gasteiger partial charge is 0.175 e. The van der Waals surface area contributed by atoms with E-state index >= 15 is 0 Å². The Labute approximate surface area is 106 Å². The summed E-state index contributed by atoms with van der Waals surface area (Å²) in [6.07, 6.45) is 2.67. The number of aryl methyl sites for hydroxylation is 1. The predicted octanol–water partition coefficient (Wildman–Crippen LogP) is 1.15. The van der Waals surface area contributed by atoms with Crippen molar-refractivity contribution in [1.29, 1.82) is 0 Å². The number of hydrogen-bond acceptors (Lipinski definition) is 5. The lowest BCUT2D eigenvalue weighted by Crippen LogP contribution is -2.23. The molecule has 1 atom stereocenters. The van der Waals surface area contributed by atoms with Crippen LogP contribution < -0.4 is 5.32 Å². The molecule has 0 aliphatic heterocycles. The van der Waals surface area contributed by atoms with E-state index in [1.807, 2.05) is 38.2 Å². The maximum Gasteiger partial charge on any atom is 0.175 e. The zero-order chi connectivity index (χ0) is 13.0. The molecule has 2 heterocycles. The zero-order valence-corrected chi connectivity index (χ0v) is 10.5. The summed E-state index contributed by atoms with van der Waals surface area (Å²) in [5.41, 5.74) is 0.935. The molecule has 0 radical (unpaired) electrons. The molecule has 0 aromatic carbocycles. The first-order chi connectivity index (χ1) is 8.72. The first-order valence-corrected chi connectivity index (χ1v) is 5.96. The van der Waals surface area contributed by atoms with Crippen LogP contribution in [0.3, 0.4) is 0 Å². The first kappa shape index (κ1) is 12.5. The predicted molar refractivity (Wildman–Crippen MR) is 68.7 cm³/mol. The molecule has 2 aromatic heterocycles. The Morgan fingerprint density at radius 1 is 1.33 bits per heavy atom. The van der Waals surface area contributed by atoms with Gasteiger partial charge in [0.2, 0.25) is 0 Å². The molecular formula is C12H17N5O. The van der Waals surface area contributed by atoms with E-state index in [4.69, 9.17) is 5.11 Å². The van der Waals surface area contributed by atoms with Gasteiger partial charge < -0.3 is 10.4 Å². The summed E-state index contributed by atoms with van der Waals surface area (Å²) >= 11 is 0. The van der Waals surface area contributed by atoms with E-state index < -0.39 is 0 Å². The van der Waals surface area contributed by atoms with Crippen molar-refractivity contribution in [2.45, 2.75) is 26.3 Å². The molecule has 0 aliphatic carbocycles. The highest BCUT2D eigenvalue weighted by Gasteiger charge is 2.06. The Balaban J connectivity index is 2.10. The standard InChI is InChI=1S/C12H17N5O/c1-3-10(8-18)13-11-4-5-12(15-14-11)17-7-6-9(2)16-17/h4-7,10,18H,3,8H2,1-2H3,(H,13,14)/t10-/m1/s1. The van der Waals surface area contributed by atoms with Crippen LogP contribution >= 0.6 is 0 Å². The SMILES string of the molecule is CC[C@H](CO)Nc1ccc(-n2ccc(C)n2)nn1. The average Bonchev–Trinajstić information content (AvgIpc) is 2.83. The molecule has 0 saturated carbocycles. The topological polar surface area (TPSA) is 75.9 Å². The molecule has 2 rings (SSSR count). The van der Waals surface area contributed by atoms with Gasteiger partial charge in [0.05, 0.1) is 18.3 Å². The summed E-state index contributed by atoms with van der Waals surface area (Å²) < 4.78 is 1.68. The Hall–Kier alpha value is -1.95. The molecule has 0 fully saturated rings. The van der Waals surface area contributed by atoms with Crippen molar-refractivity contribution in [3.05, 3.63) is 30.1 Å². The van der Waals surface area contributed by atoms with E-state index in [9.17, 15) is 0 Å². The van der Waals surface area contributed by atoms with E-state index in [0.717, 1.165) is 12.1 Å². The van der Waals surface area contributed by atoms with Gasteiger partial charge in [0.1, 0.15) is 5.82 Å². The van der Waals surface area contributed by atoms with Gasteiger partial charge in [-0.2, -0.15) is 5.10 Å².